The van der Waals surface area contributed by atoms with E-state index in [1.165, 1.54) is 0 Å². The largest absolute Gasteiger partial charge is 0.484 e. The molecule has 0 saturated carbocycles. The van der Waals surface area contributed by atoms with Crippen molar-refractivity contribution in [2.75, 3.05) is 6.61 Å². The summed E-state index contributed by atoms with van der Waals surface area (Å²) in [5, 5.41) is 0. The Kier molecular flexibility index (Phi) is 3.89. The zero-order valence-corrected chi connectivity index (χ0v) is 10.3. The number of hydrogen-bond donors (Lipinski definition) is 1. The van der Waals surface area contributed by atoms with Gasteiger partial charge in [-0.15, -0.1) is 0 Å². The molecule has 0 aliphatic rings. The van der Waals surface area contributed by atoms with Gasteiger partial charge in [-0.05, 0) is 24.3 Å². The van der Waals surface area contributed by atoms with Gasteiger partial charge in [-0.2, -0.15) is 0 Å². The molecule has 1 aromatic carbocycles. The molecule has 0 unspecified atom stereocenters. The number of ketones is 1. The Hall–Kier alpha value is -1.84. The van der Waals surface area contributed by atoms with E-state index in [2.05, 4.69) is 0 Å². The van der Waals surface area contributed by atoms with Gasteiger partial charge in [0.25, 0.3) is 5.91 Å². The first-order chi connectivity index (χ1) is 7.80. The molecule has 4 nitrogen and oxygen atoms in total. The predicted molar refractivity (Wildman–Crippen MR) is 64.9 cm³/mol. The molecule has 0 spiro atoms. The summed E-state index contributed by atoms with van der Waals surface area (Å²) in [4.78, 5) is 22.5. The third kappa shape index (κ3) is 3.90. The SMILES string of the molecule is CC(C)(C)C(=O)c1ccc(OCC(N)=O)cc1. The van der Waals surface area contributed by atoms with E-state index in [0.717, 1.165) is 0 Å². The number of Topliss-reactive ketones (excluding diaryl/α,β-unsaturated/α-hetero) is 1. The van der Waals surface area contributed by atoms with Gasteiger partial charge in [0.2, 0.25) is 0 Å². The van der Waals surface area contributed by atoms with Crippen LogP contribution < -0.4 is 10.5 Å². The minimum Gasteiger partial charge on any atom is -0.484 e. The molecule has 4 heteroatoms. The quantitative estimate of drug-likeness (QED) is 0.809. The van der Waals surface area contributed by atoms with Crippen molar-refractivity contribution in [1.82, 2.24) is 0 Å². The molecule has 0 aromatic heterocycles. The minimum atomic E-state index is -0.528. The highest BCUT2D eigenvalue weighted by atomic mass is 16.5. The van der Waals surface area contributed by atoms with E-state index in [1.54, 1.807) is 24.3 Å². The molecule has 0 radical (unpaired) electrons. The fraction of sp³-hybridized carbons (Fsp3) is 0.385. The van der Waals surface area contributed by atoms with Gasteiger partial charge >= 0.3 is 0 Å². The summed E-state index contributed by atoms with van der Waals surface area (Å²) < 4.78 is 5.10. The first-order valence-corrected chi connectivity index (χ1v) is 5.36. The van der Waals surface area contributed by atoms with Crippen molar-refractivity contribution in [2.45, 2.75) is 20.8 Å². The van der Waals surface area contributed by atoms with Crippen LogP contribution in [0.1, 0.15) is 31.1 Å². The number of carbonyl (C=O) groups excluding carboxylic acids is 2. The molecule has 1 amide bonds. The van der Waals surface area contributed by atoms with Crippen molar-refractivity contribution in [2.24, 2.45) is 11.1 Å². The molecule has 92 valence electrons. The lowest BCUT2D eigenvalue weighted by atomic mass is 9.86. The van der Waals surface area contributed by atoms with Crippen LogP contribution in [-0.2, 0) is 4.79 Å². The van der Waals surface area contributed by atoms with Crippen molar-refractivity contribution in [3.63, 3.8) is 0 Å². The van der Waals surface area contributed by atoms with Gasteiger partial charge in [-0.25, -0.2) is 0 Å². The van der Waals surface area contributed by atoms with Crippen LogP contribution in [0.3, 0.4) is 0 Å². The number of hydrogen-bond acceptors (Lipinski definition) is 3. The third-order valence-corrected chi connectivity index (χ3v) is 2.18. The van der Waals surface area contributed by atoms with Crippen LogP contribution in [-0.4, -0.2) is 18.3 Å². The standard InChI is InChI=1S/C13H17NO3/c1-13(2,3)12(16)9-4-6-10(7-5-9)17-8-11(14)15/h4-7H,8H2,1-3H3,(H2,14,15). The molecule has 2 N–H and O–H groups in total. The van der Waals surface area contributed by atoms with E-state index in [1.807, 2.05) is 20.8 Å². The molecular formula is C13H17NO3. The number of rotatable bonds is 4. The zero-order valence-electron chi connectivity index (χ0n) is 10.3. The number of amides is 1. The van der Waals surface area contributed by atoms with Crippen molar-refractivity contribution in [3.8, 4) is 5.75 Å². The summed E-state index contributed by atoms with van der Waals surface area (Å²) in [6, 6.07) is 6.68. The lowest BCUT2D eigenvalue weighted by molar-refractivity contribution is -0.119. The topological polar surface area (TPSA) is 69.4 Å². The van der Waals surface area contributed by atoms with Crippen molar-refractivity contribution in [3.05, 3.63) is 29.8 Å². The van der Waals surface area contributed by atoms with Gasteiger partial charge in [0.1, 0.15) is 5.75 Å². The van der Waals surface area contributed by atoms with Gasteiger partial charge < -0.3 is 10.5 Å². The molecule has 17 heavy (non-hydrogen) atoms. The average molecular weight is 235 g/mol. The Morgan fingerprint density at radius 2 is 1.71 bits per heavy atom. The smallest absolute Gasteiger partial charge is 0.255 e. The molecule has 1 rings (SSSR count). The lowest BCUT2D eigenvalue weighted by Gasteiger charge is -2.16. The van der Waals surface area contributed by atoms with Crippen LogP contribution in [0.4, 0.5) is 0 Å². The Morgan fingerprint density at radius 1 is 1.18 bits per heavy atom. The summed E-state index contributed by atoms with van der Waals surface area (Å²) in [5.74, 6) is 0.0630. The molecule has 1 aromatic rings. The van der Waals surface area contributed by atoms with Gasteiger partial charge in [-0.3, -0.25) is 9.59 Å². The molecule has 0 atom stereocenters. The first kappa shape index (κ1) is 13.2. The molecule has 0 heterocycles. The number of ether oxygens (including phenoxy) is 1. The zero-order chi connectivity index (χ0) is 13.1. The second-order valence-corrected chi connectivity index (χ2v) is 4.86. The van der Waals surface area contributed by atoms with Gasteiger partial charge in [0, 0.05) is 11.0 Å². The van der Waals surface area contributed by atoms with Crippen molar-refractivity contribution in [1.29, 1.82) is 0 Å². The van der Waals surface area contributed by atoms with E-state index in [9.17, 15) is 9.59 Å². The molecule has 0 aliphatic carbocycles. The number of benzene rings is 1. The molecule has 0 aliphatic heterocycles. The fourth-order valence-electron chi connectivity index (χ4n) is 1.29. The highest BCUT2D eigenvalue weighted by Crippen LogP contribution is 2.22. The van der Waals surface area contributed by atoms with Gasteiger partial charge in [-0.1, -0.05) is 20.8 Å². The Labute approximate surface area is 101 Å². The summed E-state index contributed by atoms with van der Waals surface area (Å²) in [6.07, 6.45) is 0. The highest BCUT2D eigenvalue weighted by Gasteiger charge is 2.22. The second kappa shape index (κ2) is 4.99. The van der Waals surface area contributed by atoms with Crippen LogP contribution in [0.5, 0.6) is 5.75 Å². The molecule has 0 fully saturated rings. The monoisotopic (exact) mass is 235 g/mol. The van der Waals surface area contributed by atoms with Crippen LogP contribution in [0.2, 0.25) is 0 Å². The van der Waals surface area contributed by atoms with Gasteiger partial charge in [0.15, 0.2) is 12.4 Å². The molecule has 0 bridgehead atoms. The predicted octanol–water partition coefficient (Wildman–Crippen LogP) is 1.78. The summed E-state index contributed by atoms with van der Waals surface area (Å²) in [7, 11) is 0. The maximum absolute atomic E-state index is 11.9. The van der Waals surface area contributed by atoms with E-state index < -0.39 is 11.3 Å². The van der Waals surface area contributed by atoms with Crippen LogP contribution in [0.25, 0.3) is 0 Å². The van der Waals surface area contributed by atoms with E-state index >= 15 is 0 Å². The number of nitrogens with two attached hydrogens (primary N) is 1. The maximum atomic E-state index is 11.9. The Morgan fingerprint density at radius 3 is 2.12 bits per heavy atom. The summed E-state index contributed by atoms with van der Waals surface area (Å²) in [5.41, 5.74) is 5.18. The van der Waals surface area contributed by atoms with E-state index in [0.29, 0.717) is 11.3 Å². The first-order valence-electron chi connectivity index (χ1n) is 5.36. The fourth-order valence-corrected chi connectivity index (χ4v) is 1.29. The highest BCUT2D eigenvalue weighted by molar-refractivity contribution is 5.99. The minimum absolute atomic E-state index is 0.0685. The Balaban J connectivity index is 2.75. The number of carbonyl (C=O) groups is 2. The average Bonchev–Trinajstić information content (AvgIpc) is 2.25. The lowest BCUT2D eigenvalue weighted by Crippen LogP contribution is -2.21. The summed E-state index contributed by atoms with van der Waals surface area (Å²) >= 11 is 0. The third-order valence-electron chi connectivity index (χ3n) is 2.18. The van der Waals surface area contributed by atoms with E-state index in [4.69, 9.17) is 10.5 Å². The van der Waals surface area contributed by atoms with Crippen molar-refractivity contribution < 1.29 is 14.3 Å². The van der Waals surface area contributed by atoms with Crippen molar-refractivity contribution >= 4 is 11.7 Å². The van der Waals surface area contributed by atoms with E-state index in [-0.39, 0.29) is 12.4 Å². The van der Waals surface area contributed by atoms with Crippen LogP contribution >= 0.6 is 0 Å². The van der Waals surface area contributed by atoms with Crippen LogP contribution in [0, 0.1) is 5.41 Å². The molecule has 0 saturated heterocycles. The summed E-state index contributed by atoms with van der Waals surface area (Å²) in [6.45, 7) is 5.44. The second-order valence-electron chi connectivity index (χ2n) is 4.86. The molecular weight excluding hydrogens is 218 g/mol. The number of primary amides is 1. The van der Waals surface area contributed by atoms with Crippen LogP contribution in [0.15, 0.2) is 24.3 Å². The Bertz CT molecular complexity index is 415. The van der Waals surface area contributed by atoms with Gasteiger partial charge in [0.05, 0.1) is 0 Å². The maximum Gasteiger partial charge on any atom is 0.255 e. The normalized spacial score (nSPS) is 11.0.